The smallest absolute Gasteiger partial charge is 0.227 e. The molecule has 0 aromatic heterocycles. The molecule has 2 fully saturated rings. The Morgan fingerprint density at radius 1 is 1.10 bits per heavy atom. The molecule has 0 bridgehead atoms. The molecular formula is C23H25Cl2FN2O. The highest BCUT2D eigenvalue weighted by Gasteiger charge is 2.49. The molecule has 0 spiro atoms. The first kappa shape index (κ1) is 20.6. The van der Waals surface area contributed by atoms with Crippen molar-refractivity contribution < 1.29 is 9.18 Å². The quantitative estimate of drug-likeness (QED) is 0.701. The van der Waals surface area contributed by atoms with Crippen LogP contribution in [0.25, 0.3) is 0 Å². The van der Waals surface area contributed by atoms with Gasteiger partial charge in [0.15, 0.2) is 0 Å². The standard InChI is InChI=1S/C23H25Cl2FN2O/c1-15(16-12-18(24)14-19(25)13-16)28-11-6-21(22(28)29)23(7-9-27-10-8-23)17-2-4-20(26)5-3-17/h2-5,12-15,21,27H,6-11H2,1H3. The second kappa shape index (κ2) is 8.25. The van der Waals surface area contributed by atoms with E-state index in [1.165, 1.54) is 12.1 Å². The molecule has 2 aromatic rings. The van der Waals surface area contributed by atoms with Crippen molar-refractivity contribution in [2.45, 2.75) is 37.6 Å². The first-order valence-corrected chi connectivity index (χ1v) is 10.9. The fourth-order valence-electron chi connectivity index (χ4n) is 5.09. The maximum absolute atomic E-state index is 13.6. The number of nitrogens with zero attached hydrogens (tertiary/aromatic N) is 1. The van der Waals surface area contributed by atoms with Gasteiger partial charge in [-0.25, -0.2) is 4.39 Å². The molecule has 2 atom stereocenters. The minimum atomic E-state index is -0.253. The topological polar surface area (TPSA) is 32.3 Å². The molecule has 0 aliphatic carbocycles. The molecule has 4 rings (SSSR count). The van der Waals surface area contributed by atoms with E-state index in [2.05, 4.69) is 5.32 Å². The van der Waals surface area contributed by atoms with E-state index in [1.807, 2.05) is 36.1 Å². The van der Waals surface area contributed by atoms with E-state index < -0.39 is 0 Å². The zero-order valence-electron chi connectivity index (χ0n) is 16.4. The summed E-state index contributed by atoms with van der Waals surface area (Å²) in [6, 6.07) is 12.1. The number of piperidine rings is 1. The van der Waals surface area contributed by atoms with Crippen molar-refractivity contribution in [2.75, 3.05) is 19.6 Å². The highest BCUT2D eigenvalue weighted by Crippen LogP contribution is 2.46. The summed E-state index contributed by atoms with van der Waals surface area (Å²) < 4.78 is 13.5. The molecule has 2 aromatic carbocycles. The van der Waals surface area contributed by atoms with Crippen molar-refractivity contribution in [1.82, 2.24) is 10.2 Å². The van der Waals surface area contributed by atoms with E-state index in [9.17, 15) is 9.18 Å². The summed E-state index contributed by atoms with van der Waals surface area (Å²) >= 11 is 12.4. The van der Waals surface area contributed by atoms with Crippen molar-refractivity contribution in [3.05, 3.63) is 69.5 Å². The van der Waals surface area contributed by atoms with Gasteiger partial charge in [0.2, 0.25) is 5.91 Å². The van der Waals surface area contributed by atoms with Crippen LogP contribution in [-0.2, 0) is 10.2 Å². The summed E-state index contributed by atoms with van der Waals surface area (Å²) in [5, 5.41) is 4.55. The lowest BCUT2D eigenvalue weighted by molar-refractivity contribution is -0.135. The van der Waals surface area contributed by atoms with Crippen LogP contribution in [0.15, 0.2) is 42.5 Å². The van der Waals surface area contributed by atoms with E-state index in [0.717, 1.165) is 43.5 Å². The van der Waals surface area contributed by atoms with Gasteiger partial charge in [0.1, 0.15) is 5.82 Å². The lowest BCUT2D eigenvalue weighted by Crippen LogP contribution is -2.48. The molecule has 3 nitrogen and oxygen atoms in total. The van der Waals surface area contributed by atoms with Crippen LogP contribution in [0.3, 0.4) is 0 Å². The van der Waals surface area contributed by atoms with Gasteiger partial charge in [-0.1, -0.05) is 35.3 Å². The summed E-state index contributed by atoms with van der Waals surface area (Å²) in [5.74, 6) is -0.185. The molecule has 154 valence electrons. The second-order valence-electron chi connectivity index (χ2n) is 8.16. The Morgan fingerprint density at radius 3 is 2.34 bits per heavy atom. The van der Waals surface area contributed by atoms with Crippen LogP contribution in [0, 0.1) is 11.7 Å². The first-order valence-electron chi connectivity index (χ1n) is 10.1. The number of hydrogen-bond donors (Lipinski definition) is 1. The first-order chi connectivity index (χ1) is 13.9. The Labute approximate surface area is 181 Å². The maximum atomic E-state index is 13.6. The average Bonchev–Trinajstić information content (AvgIpc) is 3.09. The molecule has 2 aliphatic rings. The van der Waals surface area contributed by atoms with Crippen LogP contribution in [0.2, 0.25) is 10.0 Å². The molecule has 0 saturated carbocycles. The largest absolute Gasteiger partial charge is 0.336 e. The number of benzene rings is 2. The molecule has 29 heavy (non-hydrogen) atoms. The van der Waals surface area contributed by atoms with Crippen LogP contribution >= 0.6 is 23.2 Å². The lowest BCUT2D eigenvalue weighted by Gasteiger charge is -2.42. The Kier molecular flexibility index (Phi) is 5.87. The molecule has 0 radical (unpaired) electrons. The van der Waals surface area contributed by atoms with Gasteiger partial charge in [0.25, 0.3) is 0 Å². The van der Waals surface area contributed by atoms with Crippen LogP contribution in [-0.4, -0.2) is 30.4 Å². The third kappa shape index (κ3) is 3.90. The highest BCUT2D eigenvalue weighted by molar-refractivity contribution is 6.34. The van der Waals surface area contributed by atoms with E-state index in [-0.39, 0.29) is 29.1 Å². The zero-order chi connectivity index (χ0) is 20.6. The van der Waals surface area contributed by atoms with E-state index >= 15 is 0 Å². The highest BCUT2D eigenvalue weighted by atomic mass is 35.5. The summed E-state index contributed by atoms with van der Waals surface area (Å²) in [7, 11) is 0. The zero-order valence-corrected chi connectivity index (χ0v) is 17.9. The molecule has 1 amide bonds. The van der Waals surface area contributed by atoms with Gasteiger partial charge in [-0.05, 0) is 80.7 Å². The fraction of sp³-hybridized carbons (Fsp3) is 0.435. The van der Waals surface area contributed by atoms with Crippen molar-refractivity contribution in [3.8, 4) is 0 Å². The number of nitrogens with one attached hydrogen (secondary N) is 1. The lowest BCUT2D eigenvalue weighted by atomic mass is 9.64. The number of likely N-dealkylation sites (tertiary alicyclic amines) is 1. The molecule has 1 N–H and O–H groups in total. The van der Waals surface area contributed by atoms with Gasteiger partial charge in [-0.15, -0.1) is 0 Å². The average molecular weight is 435 g/mol. The summed E-state index contributed by atoms with van der Waals surface area (Å²) in [6.07, 6.45) is 2.55. The molecule has 2 unspecified atom stereocenters. The Bertz CT molecular complexity index is 876. The van der Waals surface area contributed by atoms with Gasteiger partial charge in [-0.3, -0.25) is 4.79 Å². The number of carbonyl (C=O) groups is 1. The minimum Gasteiger partial charge on any atom is -0.336 e. The Balaban J connectivity index is 1.64. The van der Waals surface area contributed by atoms with Crippen LogP contribution < -0.4 is 5.32 Å². The fourth-order valence-corrected chi connectivity index (χ4v) is 5.63. The third-order valence-electron chi connectivity index (χ3n) is 6.66. The predicted octanol–water partition coefficient (Wildman–Crippen LogP) is 5.36. The number of halogens is 3. The summed E-state index contributed by atoms with van der Waals surface area (Å²) in [4.78, 5) is 15.5. The van der Waals surface area contributed by atoms with E-state index in [4.69, 9.17) is 23.2 Å². The number of rotatable bonds is 4. The molecular weight excluding hydrogens is 410 g/mol. The van der Waals surface area contributed by atoms with Crippen LogP contribution in [0.5, 0.6) is 0 Å². The number of hydrogen-bond acceptors (Lipinski definition) is 2. The Hall–Kier alpha value is -1.62. The van der Waals surface area contributed by atoms with Gasteiger partial charge in [0, 0.05) is 27.9 Å². The van der Waals surface area contributed by atoms with Gasteiger partial charge in [0.05, 0.1) is 6.04 Å². The Morgan fingerprint density at radius 2 is 1.72 bits per heavy atom. The van der Waals surface area contributed by atoms with Crippen molar-refractivity contribution in [3.63, 3.8) is 0 Å². The number of amides is 1. The van der Waals surface area contributed by atoms with Crippen molar-refractivity contribution in [2.24, 2.45) is 5.92 Å². The van der Waals surface area contributed by atoms with Crippen molar-refractivity contribution >= 4 is 29.1 Å². The molecule has 2 saturated heterocycles. The van der Waals surface area contributed by atoms with Crippen molar-refractivity contribution in [1.29, 1.82) is 0 Å². The van der Waals surface area contributed by atoms with Gasteiger partial charge >= 0.3 is 0 Å². The SMILES string of the molecule is CC(c1cc(Cl)cc(Cl)c1)N1CCC(C2(c3ccc(F)cc3)CCNCC2)C1=O. The summed E-state index contributed by atoms with van der Waals surface area (Å²) in [5.41, 5.74) is 1.76. The van der Waals surface area contributed by atoms with E-state index in [1.54, 1.807) is 6.07 Å². The van der Waals surface area contributed by atoms with E-state index in [0.29, 0.717) is 16.6 Å². The monoisotopic (exact) mass is 434 g/mol. The minimum absolute atomic E-state index is 0.101. The summed E-state index contributed by atoms with van der Waals surface area (Å²) in [6.45, 7) is 4.45. The maximum Gasteiger partial charge on any atom is 0.227 e. The normalized spacial score (nSPS) is 22.7. The predicted molar refractivity (Wildman–Crippen MR) is 115 cm³/mol. The van der Waals surface area contributed by atoms with Gasteiger partial charge in [-0.2, -0.15) is 0 Å². The van der Waals surface area contributed by atoms with Crippen LogP contribution in [0.1, 0.15) is 43.4 Å². The molecule has 6 heteroatoms. The number of carbonyl (C=O) groups excluding carboxylic acids is 1. The second-order valence-corrected chi connectivity index (χ2v) is 9.04. The molecule has 2 heterocycles. The molecule has 2 aliphatic heterocycles. The van der Waals surface area contributed by atoms with Crippen LogP contribution in [0.4, 0.5) is 4.39 Å². The van der Waals surface area contributed by atoms with Gasteiger partial charge < -0.3 is 10.2 Å². The third-order valence-corrected chi connectivity index (χ3v) is 7.09.